The molecule has 0 unspecified atom stereocenters. The van der Waals surface area contributed by atoms with Crippen LogP contribution in [0.1, 0.15) is 33.4 Å². The smallest absolute Gasteiger partial charge is 0.417 e. The lowest BCUT2D eigenvalue weighted by molar-refractivity contribution is -0.137. The Hall–Kier alpha value is -4.01. The summed E-state index contributed by atoms with van der Waals surface area (Å²) in [7, 11) is 0. The van der Waals surface area contributed by atoms with Crippen LogP contribution in [-0.4, -0.2) is 16.1 Å². The summed E-state index contributed by atoms with van der Waals surface area (Å²) in [5.41, 5.74) is -0.661. The Morgan fingerprint density at radius 3 is 2.22 bits per heavy atom. The molecule has 0 saturated heterocycles. The zero-order chi connectivity index (χ0) is 22.7. The number of amides is 1. The average Bonchev–Trinajstić information content (AvgIpc) is 3.28. The highest BCUT2D eigenvalue weighted by atomic mass is 19.4. The first kappa shape index (κ1) is 21.2. The second-order valence-electron chi connectivity index (χ2n) is 6.81. The molecular formula is C23H15F4N3O2. The molecule has 9 heteroatoms. The molecule has 0 bridgehead atoms. The predicted molar refractivity (Wildman–Crippen MR) is 107 cm³/mol. The molecule has 4 aromatic rings. The van der Waals surface area contributed by atoms with Gasteiger partial charge in [-0.15, -0.1) is 10.2 Å². The van der Waals surface area contributed by atoms with Gasteiger partial charge in [0.1, 0.15) is 11.9 Å². The number of nitrogens with one attached hydrogen (secondary N) is 1. The molecule has 0 fully saturated rings. The van der Waals surface area contributed by atoms with Crippen LogP contribution in [0.3, 0.4) is 0 Å². The molecule has 3 aromatic carbocycles. The summed E-state index contributed by atoms with van der Waals surface area (Å²) in [5.74, 6) is -1.41. The number of hydrogen-bond acceptors (Lipinski definition) is 4. The summed E-state index contributed by atoms with van der Waals surface area (Å²) in [5, 5.41) is 10.4. The molecule has 1 N–H and O–H groups in total. The molecule has 0 aliphatic heterocycles. The van der Waals surface area contributed by atoms with Gasteiger partial charge in [0.25, 0.3) is 5.91 Å². The number of halogens is 4. The third kappa shape index (κ3) is 4.51. The number of nitrogens with zero attached hydrogens (tertiary/aromatic N) is 2. The predicted octanol–water partition coefficient (Wildman–Crippen LogP) is 5.41. The highest BCUT2D eigenvalue weighted by Crippen LogP contribution is 2.32. The van der Waals surface area contributed by atoms with Crippen molar-refractivity contribution in [3.05, 3.63) is 107 Å². The third-order valence-corrected chi connectivity index (χ3v) is 4.66. The first-order valence-electron chi connectivity index (χ1n) is 9.44. The molecule has 0 spiro atoms. The van der Waals surface area contributed by atoms with Gasteiger partial charge in [-0.2, -0.15) is 13.2 Å². The molecule has 32 heavy (non-hydrogen) atoms. The summed E-state index contributed by atoms with van der Waals surface area (Å²) in [6.07, 6.45) is -4.72. The van der Waals surface area contributed by atoms with Gasteiger partial charge in [0.2, 0.25) is 11.8 Å². The van der Waals surface area contributed by atoms with Crippen molar-refractivity contribution in [2.75, 3.05) is 0 Å². The number of hydrogen-bond donors (Lipinski definition) is 1. The van der Waals surface area contributed by atoms with Crippen LogP contribution in [0.4, 0.5) is 17.6 Å². The first-order valence-corrected chi connectivity index (χ1v) is 9.44. The monoisotopic (exact) mass is 441 g/mol. The summed E-state index contributed by atoms with van der Waals surface area (Å²) >= 11 is 0. The van der Waals surface area contributed by atoms with E-state index in [-0.39, 0.29) is 11.8 Å². The van der Waals surface area contributed by atoms with E-state index in [1.54, 1.807) is 30.3 Å². The second-order valence-corrected chi connectivity index (χ2v) is 6.81. The molecule has 1 heterocycles. The highest BCUT2D eigenvalue weighted by Gasteiger charge is 2.35. The van der Waals surface area contributed by atoms with E-state index < -0.39 is 35.1 Å². The number of carbonyl (C=O) groups is 1. The van der Waals surface area contributed by atoms with Gasteiger partial charge in [-0.3, -0.25) is 4.79 Å². The lowest BCUT2D eigenvalue weighted by Gasteiger charge is -2.18. The maximum Gasteiger partial charge on any atom is 0.417 e. The molecule has 1 amide bonds. The summed E-state index contributed by atoms with van der Waals surface area (Å²) < 4.78 is 59.2. The fourth-order valence-electron chi connectivity index (χ4n) is 3.13. The summed E-state index contributed by atoms with van der Waals surface area (Å²) in [6.45, 7) is 0. The van der Waals surface area contributed by atoms with Crippen molar-refractivity contribution in [3.8, 4) is 11.5 Å². The van der Waals surface area contributed by atoms with Crippen LogP contribution >= 0.6 is 0 Å². The molecule has 0 aliphatic rings. The van der Waals surface area contributed by atoms with E-state index in [1.807, 2.05) is 0 Å². The Morgan fingerprint density at radius 1 is 0.875 bits per heavy atom. The normalized spacial score (nSPS) is 12.4. The molecule has 1 aromatic heterocycles. The van der Waals surface area contributed by atoms with Gasteiger partial charge in [0, 0.05) is 5.56 Å². The van der Waals surface area contributed by atoms with Crippen LogP contribution in [0.5, 0.6) is 0 Å². The Bertz CT molecular complexity index is 1220. The Morgan fingerprint density at radius 2 is 1.53 bits per heavy atom. The van der Waals surface area contributed by atoms with Crippen LogP contribution in [0.25, 0.3) is 11.5 Å². The van der Waals surface area contributed by atoms with Crippen LogP contribution in [0.15, 0.2) is 83.3 Å². The van der Waals surface area contributed by atoms with Gasteiger partial charge in [-0.1, -0.05) is 42.5 Å². The maximum atomic E-state index is 13.4. The van der Waals surface area contributed by atoms with Crippen molar-refractivity contribution >= 4 is 5.91 Å². The molecule has 5 nitrogen and oxygen atoms in total. The Labute approximate surface area is 179 Å². The van der Waals surface area contributed by atoms with E-state index in [0.717, 1.165) is 24.3 Å². The molecule has 0 aliphatic carbocycles. The van der Waals surface area contributed by atoms with E-state index in [0.29, 0.717) is 11.1 Å². The van der Waals surface area contributed by atoms with Crippen molar-refractivity contribution in [2.24, 2.45) is 0 Å². The fraction of sp³-hybridized carbons (Fsp3) is 0.0870. The Kier molecular flexibility index (Phi) is 5.72. The van der Waals surface area contributed by atoms with Crippen LogP contribution in [0, 0.1) is 5.82 Å². The fourth-order valence-corrected chi connectivity index (χ4v) is 3.13. The zero-order valence-corrected chi connectivity index (χ0v) is 16.3. The van der Waals surface area contributed by atoms with E-state index in [1.165, 1.54) is 24.3 Å². The maximum absolute atomic E-state index is 13.4. The number of rotatable bonds is 5. The molecule has 4 rings (SSSR count). The minimum Gasteiger partial charge on any atom is -0.418 e. The van der Waals surface area contributed by atoms with Gasteiger partial charge in [-0.25, -0.2) is 4.39 Å². The van der Waals surface area contributed by atoms with E-state index in [9.17, 15) is 22.4 Å². The van der Waals surface area contributed by atoms with Gasteiger partial charge in [-0.05, 0) is 42.0 Å². The van der Waals surface area contributed by atoms with Crippen LogP contribution in [0.2, 0.25) is 0 Å². The summed E-state index contributed by atoms with van der Waals surface area (Å²) in [4.78, 5) is 12.8. The third-order valence-electron chi connectivity index (χ3n) is 4.66. The van der Waals surface area contributed by atoms with Gasteiger partial charge < -0.3 is 9.73 Å². The largest absolute Gasteiger partial charge is 0.418 e. The minimum atomic E-state index is -4.72. The minimum absolute atomic E-state index is 0.0618. The SMILES string of the molecule is O=C(N[C@H](c1ccc(F)cc1)c1nnc(-c2ccccc2)o1)c1ccccc1C(F)(F)F. The molecule has 162 valence electrons. The lowest BCUT2D eigenvalue weighted by atomic mass is 10.0. The number of alkyl halides is 3. The zero-order valence-electron chi connectivity index (χ0n) is 16.3. The first-order chi connectivity index (χ1) is 15.3. The average molecular weight is 441 g/mol. The topological polar surface area (TPSA) is 68.0 Å². The van der Waals surface area contributed by atoms with Crippen molar-refractivity contribution < 1.29 is 26.8 Å². The highest BCUT2D eigenvalue weighted by molar-refractivity contribution is 5.96. The van der Waals surface area contributed by atoms with Gasteiger partial charge >= 0.3 is 6.18 Å². The van der Waals surface area contributed by atoms with Gasteiger partial charge in [0.15, 0.2) is 0 Å². The quantitative estimate of drug-likeness (QED) is 0.421. The number of benzene rings is 3. The van der Waals surface area contributed by atoms with E-state index in [2.05, 4.69) is 15.5 Å². The lowest BCUT2D eigenvalue weighted by Crippen LogP contribution is -2.31. The molecular weight excluding hydrogens is 426 g/mol. The van der Waals surface area contributed by atoms with Crippen molar-refractivity contribution in [2.45, 2.75) is 12.2 Å². The van der Waals surface area contributed by atoms with Crippen molar-refractivity contribution in [1.29, 1.82) is 0 Å². The van der Waals surface area contributed by atoms with Crippen molar-refractivity contribution in [1.82, 2.24) is 15.5 Å². The number of carbonyl (C=O) groups excluding carboxylic acids is 1. The second kappa shape index (κ2) is 8.62. The van der Waals surface area contributed by atoms with Crippen LogP contribution in [-0.2, 0) is 6.18 Å². The standard InChI is InChI=1S/C23H15F4N3O2/c24-16-12-10-14(11-13-16)19(22-30-29-21(32-22)15-6-2-1-3-7-15)28-20(31)17-8-4-5-9-18(17)23(25,26)27/h1-13,19H,(H,28,31)/t19-/m1/s1. The Balaban J connectivity index is 1.71. The molecule has 1 atom stereocenters. The molecule has 0 radical (unpaired) electrons. The van der Waals surface area contributed by atoms with Gasteiger partial charge in [0.05, 0.1) is 11.1 Å². The molecule has 0 saturated carbocycles. The van der Waals surface area contributed by atoms with E-state index in [4.69, 9.17) is 4.42 Å². The van der Waals surface area contributed by atoms with E-state index >= 15 is 0 Å². The summed E-state index contributed by atoms with van der Waals surface area (Å²) in [6, 6.07) is 17.2. The van der Waals surface area contributed by atoms with Crippen molar-refractivity contribution in [3.63, 3.8) is 0 Å². The van der Waals surface area contributed by atoms with Crippen LogP contribution < -0.4 is 5.32 Å². The number of aromatic nitrogens is 2.